The number of rotatable bonds is 4. The molecule has 3 nitrogen and oxygen atoms in total. The quantitative estimate of drug-likeness (QED) is 0.916. The summed E-state index contributed by atoms with van der Waals surface area (Å²) in [5.41, 5.74) is 6.36. The predicted molar refractivity (Wildman–Crippen MR) is 71.5 cm³/mol. The van der Waals surface area contributed by atoms with Crippen molar-refractivity contribution in [3.8, 4) is 0 Å². The lowest BCUT2D eigenvalue weighted by atomic mass is 10.1. The van der Waals surface area contributed by atoms with Crippen LogP contribution in [-0.2, 0) is 11.2 Å². The van der Waals surface area contributed by atoms with Crippen molar-refractivity contribution in [1.29, 1.82) is 0 Å². The van der Waals surface area contributed by atoms with Gasteiger partial charge in [0.1, 0.15) is 0 Å². The Balaban J connectivity index is 2.71. The third kappa shape index (κ3) is 3.87. The van der Waals surface area contributed by atoms with Gasteiger partial charge in [0.25, 0.3) is 0 Å². The van der Waals surface area contributed by atoms with Crippen molar-refractivity contribution in [1.82, 2.24) is 4.90 Å². The van der Waals surface area contributed by atoms with Crippen molar-refractivity contribution in [2.24, 2.45) is 5.73 Å². The van der Waals surface area contributed by atoms with Crippen LogP contribution in [0.2, 0.25) is 10.0 Å². The van der Waals surface area contributed by atoms with Gasteiger partial charge in [-0.2, -0.15) is 0 Å². The topological polar surface area (TPSA) is 46.3 Å². The number of nitrogens with zero attached hydrogens (tertiary/aromatic N) is 1. The summed E-state index contributed by atoms with van der Waals surface area (Å²) in [4.78, 5) is 13.5. The summed E-state index contributed by atoms with van der Waals surface area (Å²) >= 11 is 11.7. The highest BCUT2D eigenvalue weighted by molar-refractivity contribution is 6.42. The SMILES string of the molecule is CC(CN)N(C)C(=O)Cc1ccc(Cl)c(Cl)c1. The van der Waals surface area contributed by atoms with E-state index in [1.54, 1.807) is 30.1 Å². The summed E-state index contributed by atoms with van der Waals surface area (Å²) in [6, 6.07) is 5.24. The molecule has 1 rings (SSSR count). The van der Waals surface area contributed by atoms with Crippen LogP contribution in [0.3, 0.4) is 0 Å². The van der Waals surface area contributed by atoms with Gasteiger partial charge in [0.05, 0.1) is 16.5 Å². The van der Waals surface area contributed by atoms with Crippen LogP contribution >= 0.6 is 23.2 Å². The fraction of sp³-hybridized carbons (Fsp3) is 0.417. The first kappa shape index (κ1) is 14.3. The molecular weight excluding hydrogens is 259 g/mol. The Morgan fingerprint density at radius 2 is 2.06 bits per heavy atom. The first-order valence-electron chi connectivity index (χ1n) is 5.35. The van der Waals surface area contributed by atoms with Gasteiger partial charge < -0.3 is 10.6 Å². The lowest BCUT2D eigenvalue weighted by Gasteiger charge is -2.23. The molecule has 0 aromatic heterocycles. The minimum absolute atomic E-state index is 0.0151. The minimum Gasteiger partial charge on any atom is -0.341 e. The van der Waals surface area contributed by atoms with Crippen LogP contribution in [0.4, 0.5) is 0 Å². The van der Waals surface area contributed by atoms with Crippen LogP contribution in [0.5, 0.6) is 0 Å². The Bertz CT molecular complexity index is 409. The minimum atomic E-state index is 0.0151. The fourth-order valence-corrected chi connectivity index (χ4v) is 1.67. The van der Waals surface area contributed by atoms with E-state index in [9.17, 15) is 4.79 Å². The Morgan fingerprint density at radius 3 is 2.59 bits per heavy atom. The molecule has 1 unspecified atom stereocenters. The predicted octanol–water partition coefficient (Wildman–Crippen LogP) is 2.34. The second kappa shape index (κ2) is 6.24. The van der Waals surface area contributed by atoms with E-state index >= 15 is 0 Å². The molecule has 0 heterocycles. The molecule has 0 radical (unpaired) electrons. The number of likely N-dealkylation sites (N-methyl/N-ethyl adjacent to an activating group) is 1. The zero-order valence-electron chi connectivity index (χ0n) is 9.91. The van der Waals surface area contributed by atoms with Gasteiger partial charge in [-0.25, -0.2) is 0 Å². The maximum Gasteiger partial charge on any atom is 0.227 e. The standard InChI is InChI=1S/C12H16Cl2N2O/c1-8(7-15)16(2)12(17)6-9-3-4-10(13)11(14)5-9/h3-5,8H,6-7,15H2,1-2H3. The van der Waals surface area contributed by atoms with Gasteiger partial charge in [0.15, 0.2) is 0 Å². The Labute approximate surface area is 111 Å². The molecule has 0 aliphatic carbocycles. The highest BCUT2D eigenvalue weighted by Gasteiger charge is 2.15. The molecule has 5 heteroatoms. The second-order valence-electron chi connectivity index (χ2n) is 4.01. The second-order valence-corrected chi connectivity index (χ2v) is 4.83. The molecule has 0 fully saturated rings. The van der Waals surface area contributed by atoms with Gasteiger partial charge >= 0.3 is 0 Å². The highest BCUT2D eigenvalue weighted by atomic mass is 35.5. The Morgan fingerprint density at radius 1 is 1.41 bits per heavy atom. The average molecular weight is 275 g/mol. The first-order chi connectivity index (χ1) is 7.95. The number of amides is 1. The van der Waals surface area contributed by atoms with Crippen LogP contribution in [-0.4, -0.2) is 30.4 Å². The summed E-state index contributed by atoms with van der Waals surface area (Å²) < 4.78 is 0. The van der Waals surface area contributed by atoms with Crippen molar-refractivity contribution in [3.63, 3.8) is 0 Å². The number of hydrogen-bond donors (Lipinski definition) is 1. The lowest BCUT2D eigenvalue weighted by Crippen LogP contribution is -2.40. The average Bonchev–Trinajstić information content (AvgIpc) is 2.31. The van der Waals surface area contributed by atoms with Crippen molar-refractivity contribution in [2.45, 2.75) is 19.4 Å². The van der Waals surface area contributed by atoms with Crippen LogP contribution in [0, 0.1) is 0 Å². The van der Waals surface area contributed by atoms with Gasteiger partial charge in [0.2, 0.25) is 5.91 Å². The van der Waals surface area contributed by atoms with Crippen molar-refractivity contribution >= 4 is 29.1 Å². The van der Waals surface area contributed by atoms with E-state index in [-0.39, 0.29) is 11.9 Å². The summed E-state index contributed by atoms with van der Waals surface area (Å²) in [5, 5.41) is 0.957. The summed E-state index contributed by atoms with van der Waals surface area (Å²) in [6.07, 6.45) is 0.303. The maximum atomic E-state index is 11.9. The molecule has 0 spiro atoms. The normalized spacial score (nSPS) is 12.3. The monoisotopic (exact) mass is 274 g/mol. The molecule has 0 saturated carbocycles. The van der Waals surface area contributed by atoms with Gasteiger partial charge in [-0.1, -0.05) is 29.3 Å². The molecule has 1 aromatic carbocycles. The van der Waals surface area contributed by atoms with Gasteiger partial charge in [-0.3, -0.25) is 4.79 Å². The fourth-order valence-electron chi connectivity index (χ4n) is 1.35. The van der Waals surface area contributed by atoms with E-state index in [0.717, 1.165) is 5.56 Å². The zero-order chi connectivity index (χ0) is 13.0. The molecule has 1 atom stereocenters. The number of nitrogens with two attached hydrogens (primary N) is 1. The van der Waals surface area contributed by atoms with Gasteiger partial charge in [-0.05, 0) is 24.6 Å². The van der Waals surface area contributed by atoms with Crippen molar-refractivity contribution in [3.05, 3.63) is 33.8 Å². The largest absolute Gasteiger partial charge is 0.341 e. The third-order valence-electron chi connectivity index (χ3n) is 2.74. The molecule has 2 N–H and O–H groups in total. The first-order valence-corrected chi connectivity index (χ1v) is 6.11. The van der Waals surface area contributed by atoms with Gasteiger partial charge in [0, 0.05) is 19.6 Å². The van der Waals surface area contributed by atoms with E-state index < -0.39 is 0 Å². The smallest absolute Gasteiger partial charge is 0.227 e. The van der Waals surface area contributed by atoms with E-state index in [4.69, 9.17) is 28.9 Å². The summed E-state index contributed by atoms with van der Waals surface area (Å²) in [5.74, 6) is 0.0151. The van der Waals surface area contributed by atoms with Gasteiger partial charge in [-0.15, -0.1) is 0 Å². The molecule has 0 aliphatic rings. The Hall–Kier alpha value is -0.770. The number of halogens is 2. The molecule has 0 saturated heterocycles. The highest BCUT2D eigenvalue weighted by Crippen LogP contribution is 2.23. The lowest BCUT2D eigenvalue weighted by molar-refractivity contribution is -0.130. The zero-order valence-corrected chi connectivity index (χ0v) is 11.4. The molecular formula is C12H16Cl2N2O. The molecule has 1 amide bonds. The molecule has 1 aromatic rings. The number of benzene rings is 1. The maximum absolute atomic E-state index is 11.9. The summed E-state index contributed by atoms with van der Waals surface area (Å²) in [6.45, 7) is 2.36. The van der Waals surface area contributed by atoms with E-state index in [2.05, 4.69) is 0 Å². The van der Waals surface area contributed by atoms with E-state index in [0.29, 0.717) is 23.0 Å². The number of carbonyl (C=O) groups excluding carboxylic acids is 1. The van der Waals surface area contributed by atoms with Crippen molar-refractivity contribution in [2.75, 3.05) is 13.6 Å². The van der Waals surface area contributed by atoms with E-state index in [1.165, 1.54) is 0 Å². The molecule has 94 valence electrons. The number of hydrogen-bond acceptors (Lipinski definition) is 2. The molecule has 0 aliphatic heterocycles. The third-order valence-corrected chi connectivity index (χ3v) is 3.47. The van der Waals surface area contributed by atoms with Crippen LogP contribution in [0.25, 0.3) is 0 Å². The Kier molecular flexibility index (Phi) is 5.25. The summed E-state index contributed by atoms with van der Waals surface area (Å²) in [7, 11) is 1.75. The van der Waals surface area contributed by atoms with Crippen LogP contribution in [0.1, 0.15) is 12.5 Å². The van der Waals surface area contributed by atoms with Crippen LogP contribution in [0.15, 0.2) is 18.2 Å². The van der Waals surface area contributed by atoms with E-state index in [1.807, 2.05) is 6.92 Å². The number of carbonyl (C=O) groups is 1. The molecule has 17 heavy (non-hydrogen) atoms. The van der Waals surface area contributed by atoms with Crippen molar-refractivity contribution < 1.29 is 4.79 Å². The van der Waals surface area contributed by atoms with Crippen LogP contribution < -0.4 is 5.73 Å². The molecule has 0 bridgehead atoms.